The van der Waals surface area contributed by atoms with Crippen molar-refractivity contribution < 1.29 is 13.6 Å². The van der Waals surface area contributed by atoms with Crippen LogP contribution in [0.15, 0.2) is 18.2 Å². The van der Waals surface area contributed by atoms with Crippen molar-refractivity contribution in [3.05, 3.63) is 34.9 Å². The molecule has 0 N–H and O–H groups in total. The second-order valence-corrected chi connectivity index (χ2v) is 3.67. The Hall–Kier alpha value is -0.960. The summed E-state index contributed by atoms with van der Waals surface area (Å²) in [6, 6.07) is 4.48. The van der Waals surface area contributed by atoms with Gasteiger partial charge in [0.15, 0.2) is 5.78 Å². The SMILES string of the molecule is Cc1cc(CC(=O)CCl)cc(C(F)F)c1. The van der Waals surface area contributed by atoms with Crippen LogP contribution in [0.2, 0.25) is 0 Å². The first-order valence-electron chi connectivity index (χ1n) is 4.49. The molecule has 0 aliphatic heterocycles. The molecule has 0 radical (unpaired) electrons. The minimum absolute atomic E-state index is 0.0487. The maximum atomic E-state index is 12.4. The number of hydrogen-bond acceptors (Lipinski definition) is 1. The van der Waals surface area contributed by atoms with Crippen LogP contribution in [-0.2, 0) is 11.2 Å². The molecule has 0 aliphatic carbocycles. The van der Waals surface area contributed by atoms with Crippen LogP contribution >= 0.6 is 11.6 Å². The smallest absolute Gasteiger partial charge is 0.263 e. The van der Waals surface area contributed by atoms with E-state index in [1.165, 1.54) is 12.1 Å². The molecule has 1 aromatic rings. The lowest BCUT2D eigenvalue weighted by molar-refractivity contribution is -0.116. The highest BCUT2D eigenvalue weighted by Crippen LogP contribution is 2.21. The Morgan fingerprint density at radius 2 is 2.07 bits per heavy atom. The fraction of sp³-hybridized carbons (Fsp3) is 0.364. The molecule has 1 aromatic carbocycles. The second-order valence-electron chi connectivity index (χ2n) is 3.40. The minimum atomic E-state index is -2.50. The zero-order valence-electron chi connectivity index (χ0n) is 8.27. The minimum Gasteiger partial charge on any atom is -0.298 e. The fourth-order valence-corrected chi connectivity index (χ4v) is 1.49. The maximum absolute atomic E-state index is 12.4. The normalized spacial score (nSPS) is 10.7. The Bertz CT molecular complexity index is 364. The van der Waals surface area contributed by atoms with Crippen LogP contribution < -0.4 is 0 Å². The lowest BCUT2D eigenvalue weighted by Crippen LogP contribution is -2.04. The third kappa shape index (κ3) is 3.59. The predicted octanol–water partition coefficient (Wildman–Crippen LogP) is 3.28. The summed E-state index contributed by atoms with van der Waals surface area (Å²) in [6.45, 7) is 1.72. The third-order valence-electron chi connectivity index (χ3n) is 1.96. The van der Waals surface area contributed by atoms with Crippen molar-refractivity contribution in [2.75, 3.05) is 5.88 Å². The Labute approximate surface area is 92.1 Å². The Morgan fingerprint density at radius 1 is 1.40 bits per heavy atom. The first kappa shape index (κ1) is 12.1. The van der Waals surface area contributed by atoms with E-state index in [1.54, 1.807) is 13.0 Å². The number of benzene rings is 1. The molecule has 0 fully saturated rings. The van der Waals surface area contributed by atoms with E-state index in [0.717, 1.165) is 5.56 Å². The van der Waals surface area contributed by atoms with E-state index >= 15 is 0 Å². The average molecular weight is 233 g/mol. The fourth-order valence-electron chi connectivity index (χ4n) is 1.40. The molecule has 0 aromatic heterocycles. The van der Waals surface area contributed by atoms with E-state index in [-0.39, 0.29) is 23.6 Å². The molecular weight excluding hydrogens is 222 g/mol. The number of hydrogen-bond donors (Lipinski definition) is 0. The molecule has 15 heavy (non-hydrogen) atoms. The molecule has 0 saturated carbocycles. The van der Waals surface area contributed by atoms with Crippen molar-refractivity contribution in [2.24, 2.45) is 0 Å². The third-order valence-corrected chi connectivity index (χ3v) is 2.26. The Kier molecular flexibility index (Phi) is 4.21. The van der Waals surface area contributed by atoms with E-state index in [1.807, 2.05) is 0 Å². The van der Waals surface area contributed by atoms with Crippen LogP contribution in [0.5, 0.6) is 0 Å². The molecule has 1 rings (SSSR count). The highest BCUT2D eigenvalue weighted by atomic mass is 35.5. The van der Waals surface area contributed by atoms with Gasteiger partial charge in [-0.2, -0.15) is 0 Å². The summed E-state index contributed by atoms with van der Waals surface area (Å²) in [5.74, 6) is -0.250. The molecular formula is C11H11ClF2O. The van der Waals surface area contributed by atoms with Crippen LogP contribution in [0.4, 0.5) is 8.78 Å². The topological polar surface area (TPSA) is 17.1 Å². The van der Waals surface area contributed by atoms with Crippen molar-refractivity contribution in [2.45, 2.75) is 19.8 Å². The lowest BCUT2D eigenvalue weighted by Gasteiger charge is -2.05. The molecule has 0 aliphatic rings. The summed E-state index contributed by atoms with van der Waals surface area (Å²) < 4.78 is 24.9. The van der Waals surface area contributed by atoms with E-state index in [2.05, 4.69) is 0 Å². The highest BCUT2D eigenvalue weighted by Gasteiger charge is 2.10. The van der Waals surface area contributed by atoms with Crippen LogP contribution in [0, 0.1) is 6.92 Å². The molecule has 0 atom stereocenters. The van der Waals surface area contributed by atoms with Gasteiger partial charge in [0.25, 0.3) is 6.43 Å². The zero-order chi connectivity index (χ0) is 11.4. The molecule has 0 heterocycles. The summed E-state index contributed by atoms with van der Waals surface area (Å²) in [7, 11) is 0. The molecule has 0 amide bonds. The maximum Gasteiger partial charge on any atom is 0.263 e. The van der Waals surface area contributed by atoms with Gasteiger partial charge in [-0.05, 0) is 18.6 Å². The van der Waals surface area contributed by atoms with E-state index in [9.17, 15) is 13.6 Å². The van der Waals surface area contributed by atoms with Crippen molar-refractivity contribution in [1.82, 2.24) is 0 Å². The van der Waals surface area contributed by atoms with Crippen molar-refractivity contribution in [3.8, 4) is 0 Å². The van der Waals surface area contributed by atoms with Gasteiger partial charge in [-0.25, -0.2) is 8.78 Å². The number of carbonyl (C=O) groups is 1. The van der Waals surface area contributed by atoms with E-state index in [4.69, 9.17) is 11.6 Å². The Morgan fingerprint density at radius 3 is 2.60 bits per heavy atom. The van der Waals surface area contributed by atoms with Crippen molar-refractivity contribution in [1.29, 1.82) is 0 Å². The summed E-state index contributed by atoms with van der Waals surface area (Å²) in [6.07, 6.45) is -2.39. The van der Waals surface area contributed by atoms with E-state index < -0.39 is 6.43 Å². The van der Waals surface area contributed by atoms with Gasteiger partial charge in [0.1, 0.15) is 0 Å². The predicted molar refractivity (Wildman–Crippen MR) is 55.6 cm³/mol. The van der Waals surface area contributed by atoms with Gasteiger partial charge < -0.3 is 0 Å². The Balaban J connectivity index is 2.93. The van der Waals surface area contributed by atoms with E-state index in [0.29, 0.717) is 5.56 Å². The molecule has 0 spiro atoms. The van der Waals surface area contributed by atoms with Crippen LogP contribution in [-0.4, -0.2) is 11.7 Å². The molecule has 0 bridgehead atoms. The van der Waals surface area contributed by atoms with Gasteiger partial charge >= 0.3 is 0 Å². The summed E-state index contributed by atoms with van der Waals surface area (Å²) in [4.78, 5) is 11.1. The van der Waals surface area contributed by atoms with Crippen LogP contribution in [0.25, 0.3) is 0 Å². The molecule has 82 valence electrons. The number of halogens is 3. The standard InChI is InChI=1S/C11H11ClF2O/c1-7-2-8(5-10(15)6-12)4-9(3-7)11(13)14/h2-4,11H,5-6H2,1H3. The molecule has 0 saturated heterocycles. The molecule has 0 unspecified atom stereocenters. The molecule has 1 nitrogen and oxygen atoms in total. The van der Waals surface area contributed by atoms with Crippen LogP contribution in [0.1, 0.15) is 23.1 Å². The monoisotopic (exact) mass is 232 g/mol. The van der Waals surface area contributed by atoms with Gasteiger partial charge in [0, 0.05) is 12.0 Å². The van der Waals surface area contributed by atoms with Crippen molar-refractivity contribution in [3.63, 3.8) is 0 Å². The number of Topliss-reactive ketones (excluding diaryl/α,β-unsaturated/α-hetero) is 1. The van der Waals surface area contributed by atoms with Crippen molar-refractivity contribution >= 4 is 17.4 Å². The van der Waals surface area contributed by atoms with Crippen LogP contribution in [0.3, 0.4) is 0 Å². The largest absolute Gasteiger partial charge is 0.298 e. The zero-order valence-corrected chi connectivity index (χ0v) is 9.02. The summed E-state index contributed by atoms with van der Waals surface area (Å²) in [5.41, 5.74) is 1.27. The number of carbonyl (C=O) groups excluding carboxylic acids is 1. The van der Waals surface area contributed by atoms with Gasteiger partial charge in [-0.15, -0.1) is 11.6 Å². The highest BCUT2D eigenvalue weighted by molar-refractivity contribution is 6.27. The first-order chi connectivity index (χ1) is 7.02. The first-order valence-corrected chi connectivity index (χ1v) is 5.02. The average Bonchev–Trinajstić information content (AvgIpc) is 2.16. The van der Waals surface area contributed by atoms with Gasteiger partial charge in [-0.1, -0.05) is 17.7 Å². The van der Waals surface area contributed by atoms with Gasteiger partial charge in [0.05, 0.1) is 5.88 Å². The molecule has 4 heteroatoms. The second kappa shape index (κ2) is 5.21. The lowest BCUT2D eigenvalue weighted by atomic mass is 10.0. The van der Waals surface area contributed by atoms with Gasteiger partial charge in [0.2, 0.25) is 0 Å². The number of alkyl halides is 3. The number of aryl methyl sites for hydroxylation is 1. The number of rotatable bonds is 4. The quantitative estimate of drug-likeness (QED) is 0.728. The summed E-state index contributed by atoms with van der Waals surface area (Å²) in [5, 5.41) is 0. The number of ketones is 1. The van der Waals surface area contributed by atoms with Gasteiger partial charge in [-0.3, -0.25) is 4.79 Å². The summed E-state index contributed by atoms with van der Waals surface area (Å²) >= 11 is 5.35.